The maximum absolute atomic E-state index is 12.8. The molecule has 3 aromatic heterocycles. The zero-order valence-corrected chi connectivity index (χ0v) is 14.3. The first-order valence-electron chi connectivity index (χ1n) is 8.34. The fraction of sp³-hybridized carbons (Fsp3) is 0.105. The highest BCUT2D eigenvalue weighted by Crippen LogP contribution is 2.29. The minimum Gasteiger partial charge on any atom is -0.359 e. The Labute approximate surface area is 156 Å². The second kappa shape index (κ2) is 6.84. The van der Waals surface area contributed by atoms with Crippen molar-refractivity contribution in [3.63, 3.8) is 0 Å². The third-order valence-electron chi connectivity index (χ3n) is 4.25. The molecule has 4 aromatic rings. The van der Waals surface area contributed by atoms with Crippen LogP contribution in [0.4, 0.5) is 13.2 Å². The molecule has 0 fully saturated rings. The molecule has 3 heterocycles. The van der Waals surface area contributed by atoms with Gasteiger partial charge >= 0.3 is 6.18 Å². The molecule has 6 nitrogen and oxygen atoms in total. The summed E-state index contributed by atoms with van der Waals surface area (Å²) in [4.78, 5) is 19.5. The lowest BCUT2D eigenvalue weighted by atomic mass is 10.1. The Morgan fingerprint density at radius 1 is 1.14 bits per heavy atom. The minimum absolute atomic E-state index is 0.0137. The van der Waals surface area contributed by atoms with E-state index >= 15 is 0 Å². The van der Waals surface area contributed by atoms with Gasteiger partial charge in [0.1, 0.15) is 0 Å². The van der Waals surface area contributed by atoms with Crippen molar-refractivity contribution in [1.29, 1.82) is 0 Å². The van der Waals surface area contributed by atoms with Crippen LogP contribution in [0.3, 0.4) is 0 Å². The second-order valence-corrected chi connectivity index (χ2v) is 6.16. The number of hydrogen-bond donors (Lipinski definition) is 3. The van der Waals surface area contributed by atoms with E-state index < -0.39 is 17.6 Å². The number of amides is 1. The second-order valence-electron chi connectivity index (χ2n) is 6.16. The third kappa shape index (κ3) is 3.46. The first-order chi connectivity index (χ1) is 13.4. The van der Waals surface area contributed by atoms with Gasteiger partial charge in [-0.15, -0.1) is 0 Å². The van der Waals surface area contributed by atoms with E-state index in [2.05, 4.69) is 25.5 Å². The van der Waals surface area contributed by atoms with Crippen LogP contribution in [0.15, 0.2) is 54.9 Å². The number of aromatic nitrogens is 4. The molecular formula is C19H14F3N5O. The molecule has 0 bridgehead atoms. The molecule has 0 aliphatic carbocycles. The van der Waals surface area contributed by atoms with Gasteiger partial charge in [-0.2, -0.15) is 18.3 Å². The summed E-state index contributed by atoms with van der Waals surface area (Å²) in [5, 5.41) is 10.4. The Hall–Kier alpha value is -3.62. The maximum Gasteiger partial charge on any atom is 0.416 e. The predicted molar refractivity (Wildman–Crippen MR) is 96.3 cm³/mol. The summed E-state index contributed by atoms with van der Waals surface area (Å²) in [5.74, 6) is -0.401. The summed E-state index contributed by atoms with van der Waals surface area (Å²) < 4.78 is 38.3. The Bertz CT molecular complexity index is 1150. The monoisotopic (exact) mass is 385 g/mol. The van der Waals surface area contributed by atoms with E-state index in [1.54, 1.807) is 18.3 Å². The molecule has 9 heteroatoms. The van der Waals surface area contributed by atoms with Crippen LogP contribution in [-0.2, 0) is 12.7 Å². The standard InChI is InChI=1S/C19H14F3N5O/c20-19(21,22)13-4-1-3-11(7-13)9-25-18(28)12-8-15(24-10-12)16-14-5-2-6-23-17(14)27-26-16/h1-8,10,24H,9H2,(H,25,28)(H,23,26,27). The minimum atomic E-state index is -4.42. The molecule has 142 valence electrons. The van der Waals surface area contributed by atoms with Gasteiger partial charge in [0.2, 0.25) is 0 Å². The van der Waals surface area contributed by atoms with Gasteiger partial charge in [0.25, 0.3) is 5.91 Å². The molecular weight excluding hydrogens is 371 g/mol. The number of nitrogens with one attached hydrogen (secondary N) is 3. The van der Waals surface area contributed by atoms with E-state index in [0.29, 0.717) is 28.2 Å². The van der Waals surface area contributed by atoms with Gasteiger partial charge in [0, 0.05) is 24.3 Å². The molecule has 0 saturated carbocycles. The first kappa shape index (κ1) is 17.8. The highest BCUT2D eigenvalue weighted by molar-refractivity contribution is 5.97. The van der Waals surface area contributed by atoms with Gasteiger partial charge in [-0.25, -0.2) is 4.98 Å². The number of H-pyrrole nitrogens is 2. The smallest absolute Gasteiger partial charge is 0.359 e. The first-order valence-corrected chi connectivity index (χ1v) is 8.34. The average molecular weight is 385 g/mol. The number of benzene rings is 1. The summed E-state index contributed by atoms with van der Waals surface area (Å²) in [5.41, 5.74) is 1.88. The third-order valence-corrected chi connectivity index (χ3v) is 4.25. The number of halogens is 3. The lowest BCUT2D eigenvalue weighted by Gasteiger charge is -2.09. The Kier molecular flexibility index (Phi) is 4.34. The van der Waals surface area contributed by atoms with Crippen LogP contribution < -0.4 is 5.32 Å². The van der Waals surface area contributed by atoms with Crippen molar-refractivity contribution in [2.75, 3.05) is 0 Å². The number of nitrogens with zero attached hydrogens (tertiary/aromatic N) is 2. The fourth-order valence-electron chi connectivity index (χ4n) is 2.87. The Morgan fingerprint density at radius 3 is 2.82 bits per heavy atom. The van der Waals surface area contributed by atoms with Crippen molar-refractivity contribution in [3.05, 3.63) is 71.5 Å². The number of carbonyl (C=O) groups is 1. The lowest BCUT2D eigenvalue weighted by molar-refractivity contribution is -0.137. The van der Waals surface area contributed by atoms with Gasteiger partial charge < -0.3 is 10.3 Å². The molecule has 0 spiro atoms. The van der Waals surface area contributed by atoms with E-state index in [-0.39, 0.29) is 6.54 Å². The van der Waals surface area contributed by atoms with Gasteiger partial charge in [-0.05, 0) is 35.9 Å². The van der Waals surface area contributed by atoms with Gasteiger partial charge in [0.05, 0.1) is 22.5 Å². The average Bonchev–Trinajstić information content (AvgIpc) is 3.32. The van der Waals surface area contributed by atoms with Crippen molar-refractivity contribution in [2.24, 2.45) is 0 Å². The van der Waals surface area contributed by atoms with Gasteiger partial charge in [-0.3, -0.25) is 9.89 Å². The lowest BCUT2D eigenvalue weighted by Crippen LogP contribution is -2.22. The van der Waals surface area contributed by atoms with Crippen LogP contribution >= 0.6 is 0 Å². The number of carbonyl (C=O) groups excluding carboxylic acids is 1. The quantitative estimate of drug-likeness (QED) is 0.498. The zero-order chi connectivity index (χ0) is 19.7. The van der Waals surface area contributed by atoms with Crippen LogP contribution in [0, 0.1) is 0 Å². The summed E-state index contributed by atoms with van der Waals surface area (Å²) in [6.45, 7) is -0.0137. The largest absolute Gasteiger partial charge is 0.416 e. The molecule has 0 saturated heterocycles. The van der Waals surface area contributed by atoms with E-state index in [4.69, 9.17) is 0 Å². The van der Waals surface area contributed by atoms with Crippen LogP contribution in [0.2, 0.25) is 0 Å². The molecule has 1 aromatic carbocycles. The molecule has 1 amide bonds. The Balaban J connectivity index is 1.48. The summed E-state index contributed by atoms with van der Waals surface area (Å²) in [6, 6.07) is 10.1. The van der Waals surface area contributed by atoms with Crippen molar-refractivity contribution >= 4 is 16.9 Å². The molecule has 0 unspecified atom stereocenters. The summed E-state index contributed by atoms with van der Waals surface area (Å²) in [7, 11) is 0. The molecule has 0 aliphatic rings. The normalized spacial score (nSPS) is 11.7. The highest BCUT2D eigenvalue weighted by Gasteiger charge is 2.30. The fourth-order valence-corrected chi connectivity index (χ4v) is 2.87. The van der Waals surface area contributed by atoms with E-state index in [0.717, 1.165) is 17.5 Å². The molecule has 3 N–H and O–H groups in total. The van der Waals surface area contributed by atoms with Gasteiger partial charge in [-0.1, -0.05) is 12.1 Å². The summed E-state index contributed by atoms with van der Waals surface area (Å²) in [6.07, 6.45) is -1.26. The van der Waals surface area contributed by atoms with Crippen LogP contribution in [0.5, 0.6) is 0 Å². The van der Waals surface area contributed by atoms with E-state index in [1.165, 1.54) is 18.3 Å². The van der Waals surface area contributed by atoms with Crippen LogP contribution in [0.25, 0.3) is 22.4 Å². The number of aromatic amines is 2. The molecule has 0 aliphatic heterocycles. The van der Waals surface area contributed by atoms with Crippen molar-refractivity contribution in [1.82, 2.24) is 25.5 Å². The maximum atomic E-state index is 12.8. The van der Waals surface area contributed by atoms with Crippen molar-refractivity contribution in [3.8, 4) is 11.4 Å². The van der Waals surface area contributed by atoms with E-state index in [9.17, 15) is 18.0 Å². The Morgan fingerprint density at radius 2 is 2.00 bits per heavy atom. The van der Waals surface area contributed by atoms with Crippen molar-refractivity contribution in [2.45, 2.75) is 12.7 Å². The van der Waals surface area contributed by atoms with Crippen molar-refractivity contribution < 1.29 is 18.0 Å². The topological polar surface area (TPSA) is 86.5 Å². The predicted octanol–water partition coefficient (Wildman–Crippen LogP) is 3.90. The van der Waals surface area contributed by atoms with Gasteiger partial charge in [0.15, 0.2) is 5.65 Å². The van der Waals surface area contributed by atoms with E-state index in [1.807, 2.05) is 6.07 Å². The molecule has 4 rings (SSSR count). The number of rotatable bonds is 4. The number of fused-ring (bicyclic) bond motifs is 1. The highest BCUT2D eigenvalue weighted by atomic mass is 19.4. The van der Waals surface area contributed by atoms with Crippen LogP contribution in [0.1, 0.15) is 21.5 Å². The zero-order valence-electron chi connectivity index (χ0n) is 14.3. The number of hydrogen-bond acceptors (Lipinski definition) is 3. The molecule has 28 heavy (non-hydrogen) atoms. The number of alkyl halides is 3. The number of pyridine rings is 1. The SMILES string of the molecule is O=C(NCc1cccc(C(F)(F)F)c1)c1c[nH]c(-c2[nH]nc3ncccc23)c1. The van der Waals surface area contributed by atoms with Crippen LogP contribution in [-0.4, -0.2) is 26.1 Å². The molecule has 0 atom stereocenters. The summed E-state index contributed by atoms with van der Waals surface area (Å²) >= 11 is 0. The molecule has 0 radical (unpaired) electrons.